The Labute approximate surface area is 123 Å². The van der Waals surface area contributed by atoms with Gasteiger partial charge in [-0.25, -0.2) is 0 Å². The van der Waals surface area contributed by atoms with E-state index in [9.17, 15) is 9.59 Å². The summed E-state index contributed by atoms with van der Waals surface area (Å²) in [6, 6.07) is 14.5. The van der Waals surface area contributed by atoms with Crippen molar-refractivity contribution in [3.05, 3.63) is 59.2 Å². The first-order chi connectivity index (χ1) is 10.1. The maximum Gasteiger partial charge on any atom is 0.237 e. The molecule has 0 bridgehead atoms. The maximum atomic E-state index is 12.1. The summed E-state index contributed by atoms with van der Waals surface area (Å²) < 4.78 is 0. The van der Waals surface area contributed by atoms with Crippen molar-refractivity contribution in [1.82, 2.24) is 5.32 Å². The van der Waals surface area contributed by atoms with Gasteiger partial charge in [-0.2, -0.15) is 0 Å². The van der Waals surface area contributed by atoms with E-state index in [4.69, 9.17) is 0 Å². The van der Waals surface area contributed by atoms with Gasteiger partial charge in [-0.05, 0) is 41.2 Å². The molecule has 0 aromatic heterocycles. The third-order valence-electron chi connectivity index (χ3n) is 4.70. The number of hydrogen-bond acceptors (Lipinski definition) is 2. The van der Waals surface area contributed by atoms with Crippen LogP contribution in [0.3, 0.4) is 0 Å². The third kappa shape index (κ3) is 1.67. The lowest BCUT2D eigenvalue weighted by Crippen LogP contribution is -2.32. The highest BCUT2D eigenvalue weighted by Gasteiger charge is 2.44. The quantitative estimate of drug-likeness (QED) is 0.695. The SMILES string of the molecule is CC1(c2ccc3c(c2)Cc2ccccc2-3)CC(=O)NC1=O. The van der Waals surface area contributed by atoms with Crippen LogP contribution in [-0.4, -0.2) is 11.8 Å². The van der Waals surface area contributed by atoms with Gasteiger partial charge >= 0.3 is 0 Å². The molecule has 1 saturated heterocycles. The fraction of sp³-hybridized carbons (Fsp3) is 0.222. The van der Waals surface area contributed by atoms with Crippen molar-refractivity contribution in [2.45, 2.75) is 25.2 Å². The zero-order valence-corrected chi connectivity index (χ0v) is 11.8. The predicted molar refractivity (Wildman–Crippen MR) is 79.8 cm³/mol. The Morgan fingerprint density at radius 3 is 2.52 bits per heavy atom. The molecular formula is C18H15NO2. The summed E-state index contributed by atoms with van der Waals surface area (Å²) in [4.78, 5) is 23.6. The van der Waals surface area contributed by atoms with Gasteiger partial charge in [0.05, 0.1) is 5.41 Å². The molecule has 104 valence electrons. The smallest absolute Gasteiger partial charge is 0.237 e. The van der Waals surface area contributed by atoms with Crippen LogP contribution in [0.1, 0.15) is 30.0 Å². The van der Waals surface area contributed by atoms with E-state index in [0.717, 1.165) is 12.0 Å². The second-order valence-corrected chi connectivity index (χ2v) is 6.09. The number of benzene rings is 2. The molecule has 3 nitrogen and oxygen atoms in total. The van der Waals surface area contributed by atoms with Gasteiger partial charge in [0.1, 0.15) is 0 Å². The van der Waals surface area contributed by atoms with Crippen LogP contribution in [0.4, 0.5) is 0 Å². The number of hydrogen-bond donors (Lipinski definition) is 1. The van der Waals surface area contributed by atoms with Gasteiger partial charge in [-0.1, -0.05) is 42.5 Å². The van der Waals surface area contributed by atoms with Gasteiger partial charge in [0.15, 0.2) is 0 Å². The number of carbonyl (C=O) groups excluding carboxylic acids is 2. The largest absolute Gasteiger partial charge is 0.296 e. The van der Waals surface area contributed by atoms with Crippen molar-refractivity contribution in [3.8, 4) is 11.1 Å². The zero-order valence-electron chi connectivity index (χ0n) is 11.8. The average molecular weight is 277 g/mol. The zero-order chi connectivity index (χ0) is 14.6. The van der Waals surface area contributed by atoms with Gasteiger partial charge in [0.2, 0.25) is 11.8 Å². The molecule has 1 heterocycles. The number of fused-ring (bicyclic) bond motifs is 3. The summed E-state index contributed by atoms with van der Waals surface area (Å²) in [5.41, 5.74) is 5.26. The van der Waals surface area contributed by atoms with Crippen molar-refractivity contribution in [2.24, 2.45) is 0 Å². The minimum atomic E-state index is -0.735. The molecule has 2 aromatic carbocycles. The fourth-order valence-electron chi connectivity index (χ4n) is 3.43. The first-order valence-corrected chi connectivity index (χ1v) is 7.14. The van der Waals surface area contributed by atoms with Crippen LogP contribution in [0.15, 0.2) is 42.5 Å². The summed E-state index contributed by atoms with van der Waals surface area (Å²) in [7, 11) is 0. The molecule has 0 saturated carbocycles. The monoisotopic (exact) mass is 277 g/mol. The van der Waals surface area contributed by atoms with E-state index in [-0.39, 0.29) is 18.2 Å². The Balaban J connectivity index is 1.81. The molecule has 3 heteroatoms. The summed E-state index contributed by atoms with van der Waals surface area (Å²) in [6.07, 6.45) is 1.13. The summed E-state index contributed by atoms with van der Waals surface area (Å²) in [6.45, 7) is 1.84. The lowest BCUT2D eigenvalue weighted by Gasteiger charge is -2.21. The van der Waals surface area contributed by atoms with E-state index in [1.54, 1.807) is 0 Å². The lowest BCUT2D eigenvalue weighted by atomic mass is 9.80. The highest BCUT2D eigenvalue weighted by atomic mass is 16.2. The number of nitrogens with one attached hydrogen (secondary N) is 1. The molecule has 0 radical (unpaired) electrons. The third-order valence-corrected chi connectivity index (χ3v) is 4.70. The van der Waals surface area contributed by atoms with E-state index in [1.807, 2.05) is 19.1 Å². The minimum absolute atomic E-state index is 0.189. The van der Waals surface area contributed by atoms with Crippen molar-refractivity contribution < 1.29 is 9.59 Å². The van der Waals surface area contributed by atoms with E-state index < -0.39 is 5.41 Å². The van der Waals surface area contributed by atoms with Crippen LogP contribution in [0.2, 0.25) is 0 Å². The first-order valence-electron chi connectivity index (χ1n) is 7.14. The molecule has 1 N–H and O–H groups in total. The van der Waals surface area contributed by atoms with Crippen LogP contribution in [-0.2, 0) is 21.4 Å². The molecule has 2 aromatic rings. The van der Waals surface area contributed by atoms with E-state index in [2.05, 4.69) is 35.6 Å². The van der Waals surface area contributed by atoms with Crippen molar-refractivity contribution in [1.29, 1.82) is 0 Å². The molecule has 0 spiro atoms. The van der Waals surface area contributed by atoms with Gasteiger partial charge in [0, 0.05) is 6.42 Å². The van der Waals surface area contributed by atoms with Crippen molar-refractivity contribution in [2.75, 3.05) is 0 Å². The van der Waals surface area contributed by atoms with Crippen LogP contribution in [0.5, 0.6) is 0 Å². The summed E-state index contributed by atoms with van der Waals surface area (Å²) in [5.74, 6) is -0.380. The Bertz CT molecular complexity index is 794. The number of carbonyl (C=O) groups is 2. The average Bonchev–Trinajstić information content (AvgIpc) is 2.96. The van der Waals surface area contributed by atoms with Crippen LogP contribution in [0.25, 0.3) is 11.1 Å². The molecule has 1 fully saturated rings. The molecule has 1 atom stereocenters. The van der Waals surface area contributed by atoms with E-state index >= 15 is 0 Å². The van der Waals surface area contributed by atoms with Crippen LogP contribution >= 0.6 is 0 Å². The Morgan fingerprint density at radius 2 is 1.76 bits per heavy atom. The van der Waals surface area contributed by atoms with Gasteiger partial charge in [0.25, 0.3) is 0 Å². The van der Waals surface area contributed by atoms with Crippen LogP contribution < -0.4 is 5.32 Å². The molecule has 1 unspecified atom stereocenters. The van der Waals surface area contributed by atoms with Crippen LogP contribution in [0, 0.1) is 0 Å². The van der Waals surface area contributed by atoms with Gasteiger partial charge < -0.3 is 0 Å². The molecular weight excluding hydrogens is 262 g/mol. The van der Waals surface area contributed by atoms with Gasteiger partial charge in [-0.3, -0.25) is 14.9 Å². The first kappa shape index (κ1) is 12.3. The summed E-state index contributed by atoms with van der Waals surface area (Å²) in [5, 5.41) is 2.41. The summed E-state index contributed by atoms with van der Waals surface area (Å²) >= 11 is 0. The Hall–Kier alpha value is -2.42. The maximum absolute atomic E-state index is 12.1. The minimum Gasteiger partial charge on any atom is -0.296 e. The molecule has 21 heavy (non-hydrogen) atoms. The van der Waals surface area contributed by atoms with E-state index in [1.165, 1.54) is 22.3 Å². The van der Waals surface area contributed by atoms with Gasteiger partial charge in [-0.15, -0.1) is 0 Å². The normalized spacial score (nSPS) is 22.9. The predicted octanol–water partition coefficient (Wildman–Crippen LogP) is 2.56. The number of imide groups is 1. The van der Waals surface area contributed by atoms with Crippen molar-refractivity contribution in [3.63, 3.8) is 0 Å². The second-order valence-electron chi connectivity index (χ2n) is 6.09. The molecule has 2 aliphatic rings. The lowest BCUT2D eigenvalue weighted by molar-refractivity contribution is -0.126. The number of amides is 2. The standard InChI is InChI=1S/C18H15NO2/c1-18(10-16(20)19-17(18)21)13-6-7-15-12(9-13)8-11-4-2-3-5-14(11)15/h2-7,9H,8,10H2,1H3,(H,19,20,21). The molecule has 4 rings (SSSR count). The highest BCUT2D eigenvalue weighted by Crippen LogP contribution is 2.40. The molecule has 2 amide bonds. The highest BCUT2D eigenvalue weighted by molar-refractivity contribution is 6.08. The Kier molecular flexibility index (Phi) is 2.37. The van der Waals surface area contributed by atoms with E-state index in [0.29, 0.717) is 0 Å². The van der Waals surface area contributed by atoms with Crippen molar-refractivity contribution >= 4 is 11.8 Å². The number of rotatable bonds is 1. The second kappa shape index (κ2) is 4.04. The molecule has 1 aliphatic heterocycles. The topological polar surface area (TPSA) is 46.2 Å². The molecule has 1 aliphatic carbocycles. The fourth-order valence-corrected chi connectivity index (χ4v) is 3.43. The Morgan fingerprint density at radius 1 is 1.00 bits per heavy atom.